The van der Waals surface area contributed by atoms with E-state index in [4.69, 9.17) is 0 Å². The van der Waals surface area contributed by atoms with Crippen LogP contribution in [0.3, 0.4) is 0 Å². The van der Waals surface area contributed by atoms with E-state index < -0.39 is 0 Å². The van der Waals surface area contributed by atoms with Crippen LogP contribution in [0.15, 0.2) is 35.3 Å². The van der Waals surface area contributed by atoms with E-state index in [9.17, 15) is 4.79 Å². The molecule has 0 unspecified atom stereocenters. The molecule has 1 aromatic carbocycles. The lowest BCUT2D eigenvalue weighted by Crippen LogP contribution is -2.42. The quantitative estimate of drug-likeness (QED) is 0.872. The fraction of sp³-hybridized carbons (Fsp3) is 0.400. The van der Waals surface area contributed by atoms with Gasteiger partial charge in [-0.3, -0.25) is 9.47 Å². The maximum absolute atomic E-state index is 11.8. The first-order chi connectivity index (χ1) is 9.74. The van der Waals surface area contributed by atoms with Crippen LogP contribution >= 0.6 is 0 Å². The van der Waals surface area contributed by atoms with Crippen molar-refractivity contribution in [2.75, 3.05) is 26.2 Å². The second kappa shape index (κ2) is 5.64. The molecule has 0 aliphatic carbocycles. The Bertz CT molecular complexity index is 637. The van der Waals surface area contributed by atoms with Crippen LogP contribution < -0.4 is 11.0 Å². The number of nitrogens with zero attached hydrogens (tertiary/aromatic N) is 2. The van der Waals surface area contributed by atoms with Crippen LogP contribution in [0.25, 0.3) is 5.69 Å². The van der Waals surface area contributed by atoms with E-state index in [0.717, 1.165) is 44.1 Å². The minimum Gasteiger partial charge on any atom is -0.314 e. The molecule has 1 aliphatic rings. The zero-order valence-corrected chi connectivity index (χ0v) is 11.7. The highest BCUT2D eigenvalue weighted by atomic mass is 16.1. The monoisotopic (exact) mass is 272 g/mol. The van der Waals surface area contributed by atoms with Gasteiger partial charge in [0.05, 0.1) is 5.69 Å². The lowest BCUT2D eigenvalue weighted by Gasteiger charge is -2.27. The van der Waals surface area contributed by atoms with Crippen LogP contribution in [0.1, 0.15) is 11.3 Å². The summed E-state index contributed by atoms with van der Waals surface area (Å²) in [6.45, 7) is 7.13. The van der Waals surface area contributed by atoms with Gasteiger partial charge in [-0.1, -0.05) is 12.1 Å². The van der Waals surface area contributed by atoms with Crippen molar-refractivity contribution in [1.82, 2.24) is 19.8 Å². The van der Waals surface area contributed by atoms with Crippen LogP contribution in [-0.4, -0.2) is 40.6 Å². The Kier molecular flexibility index (Phi) is 3.71. The molecular weight excluding hydrogens is 252 g/mol. The van der Waals surface area contributed by atoms with Gasteiger partial charge in [0.25, 0.3) is 0 Å². The van der Waals surface area contributed by atoms with Crippen LogP contribution in [0.5, 0.6) is 0 Å². The van der Waals surface area contributed by atoms with Crippen molar-refractivity contribution >= 4 is 0 Å². The zero-order valence-electron chi connectivity index (χ0n) is 11.7. The lowest BCUT2D eigenvalue weighted by molar-refractivity contribution is 0.233. The fourth-order valence-electron chi connectivity index (χ4n) is 2.70. The summed E-state index contributed by atoms with van der Waals surface area (Å²) in [7, 11) is 0. The molecule has 1 fully saturated rings. The summed E-state index contributed by atoms with van der Waals surface area (Å²) in [6.07, 6.45) is 1.74. The summed E-state index contributed by atoms with van der Waals surface area (Å²) < 4.78 is 1.71. The van der Waals surface area contributed by atoms with Crippen LogP contribution in [0, 0.1) is 6.92 Å². The van der Waals surface area contributed by atoms with E-state index >= 15 is 0 Å². The third kappa shape index (κ3) is 2.69. The van der Waals surface area contributed by atoms with Crippen LogP contribution in [-0.2, 0) is 6.54 Å². The van der Waals surface area contributed by atoms with E-state index in [1.54, 1.807) is 10.8 Å². The summed E-state index contributed by atoms with van der Waals surface area (Å²) in [5, 5.41) is 3.36. The summed E-state index contributed by atoms with van der Waals surface area (Å²) in [6, 6.07) is 8.22. The van der Waals surface area contributed by atoms with Gasteiger partial charge in [0.15, 0.2) is 0 Å². The maximum Gasteiger partial charge on any atom is 0.330 e. The predicted octanol–water partition coefficient (Wildman–Crippen LogP) is 0.879. The Morgan fingerprint density at radius 2 is 2.05 bits per heavy atom. The van der Waals surface area contributed by atoms with Gasteiger partial charge in [0.1, 0.15) is 0 Å². The second-order valence-electron chi connectivity index (χ2n) is 5.27. The Balaban J connectivity index is 1.84. The normalized spacial score (nSPS) is 16.4. The predicted molar refractivity (Wildman–Crippen MR) is 79.3 cm³/mol. The molecule has 1 aromatic heterocycles. The highest BCUT2D eigenvalue weighted by Gasteiger charge is 2.11. The van der Waals surface area contributed by atoms with Crippen molar-refractivity contribution in [1.29, 1.82) is 0 Å². The van der Waals surface area contributed by atoms with Crippen molar-refractivity contribution in [2.24, 2.45) is 0 Å². The van der Waals surface area contributed by atoms with Crippen molar-refractivity contribution < 1.29 is 0 Å². The van der Waals surface area contributed by atoms with Gasteiger partial charge in [0.2, 0.25) is 0 Å². The molecule has 2 aromatic rings. The van der Waals surface area contributed by atoms with Gasteiger partial charge in [0, 0.05) is 44.6 Å². The average Bonchev–Trinajstić information content (AvgIpc) is 2.80. The van der Waals surface area contributed by atoms with E-state index in [2.05, 4.69) is 27.3 Å². The Morgan fingerprint density at radius 1 is 1.25 bits per heavy atom. The van der Waals surface area contributed by atoms with Crippen molar-refractivity contribution in [3.05, 3.63) is 52.2 Å². The molecule has 2 N–H and O–H groups in total. The SMILES string of the molecule is Cc1c[nH]c(=O)n1-c1cccc(CN2CCNCC2)c1. The highest BCUT2D eigenvalue weighted by Crippen LogP contribution is 2.13. The number of imidazole rings is 1. The van der Waals surface area contributed by atoms with E-state index in [0.29, 0.717) is 0 Å². The van der Waals surface area contributed by atoms with Gasteiger partial charge >= 0.3 is 5.69 Å². The third-order valence-electron chi connectivity index (χ3n) is 3.74. The van der Waals surface area contributed by atoms with Crippen LogP contribution in [0.2, 0.25) is 0 Å². The topological polar surface area (TPSA) is 53.1 Å². The van der Waals surface area contributed by atoms with Gasteiger partial charge in [-0.15, -0.1) is 0 Å². The number of nitrogens with one attached hydrogen (secondary N) is 2. The minimum absolute atomic E-state index is 0.0816. The number of H-pyrrole nitrogens is 1. The molecule has 0 radical (unpaired) electrons. The van der Waals surface area contributed by atoms with Crippen molar-refractivity contribution in [3.8, 4) is 5.69 Å². The zero-order chi connectivity index (χ0) is 13.9. The molecule has 1 aliphatic heterocycles. The molecule has 0 saturated carbocycles. The van der Waals surface area contributed by atoms with Crippen molar-refractivity contribution in [3.63, 3.8) is 0 Å². The fourth-order valence-corrected chi connectivity index (χ4v) is 2.70. The molecule has 0 atom stereocenters. The summed E-state index contributed by atoms with van der Waals surface area (Å²) in [5.74, 6) is 0. The summed E-state index contributed by atoms with van der Waals surface area (Å²) >= 11 is 0. The standard InChI is InChI=1S/C15H20N4O/c1-12-10-17-15(20)19(12)14-4-2-3-13(9-14)11-18-7-5-16-6-8-18/h2-4,9-10,16H,5-8,11H2,1H3,(H,17,20). The maximum atomic E-state index is 11.8. The Hall–Kier alpha value is -1.85. The lowest BCUT2D eigenvalue weighted by atomic mass is 10.1. The number of aromatic amines is 1. The molecule has 5 heteroatoms. The Morgan fingerprint density at radius 3 is 2.75 bits per heavy atom. The van der Waals surface area contributed by atoms with E-state index in [1.807, 2.05) is 19.1 Å². The molecule has 5 nitrogen and oxygen atoms in total. The largest absolute Gasteiger partial charge is 0.330 e. The second-order valence-corrected chi connectivity index (χ2v) is 5.27. The van der Waals surface area contributed by atoms with E-state index in [-0.39, 0.29) is 5.69 Å². The molecule has 3 rings (SSSR count). The molecule has 1 saturated heterocycles. The van der Waals surface area contributed by atoms with E-state index in [1.165, 1.54) is 5.56 Å². The smallest absolute Gasteiger partial charge is 0.314 e. The number of hydrogen-bond donors (Lipinski definition) is 2. The summed E-state index contributed by atoms with van der Waals surface area (Å²) in [4.78, 5) is 17.0. The highest BCUT2D eigenvalue weighted by molar-refractivity contribution is 5.37. The summed E-state index contributed by atoms with van der Waals surface area (Å²) in [5.41, 5.74) is 3.02. The first-order valence-electron chi connectivity index (χ1n) is 7.03. The number of hydrogen-bond acceptors (Lipinski definition) is 3. The van der Waals surface area contributed by atoms with Gasteiger partial charge in [-0.2, -0.15) is 0 Å². The first-order valence-corrected chi connectivity index (χ1v) is 7.03. The Labute approximate surface area is 118 Å². The van der Waals surface area contributed by atoms with Gasteiger partial charge < -0.3 is 10.3 Å². The first kappa shape index (κ1) is 13.1. The molecule has 0 amide bonds. The van der Waals surface area contributed by atoms with Gasteiger partial charge in [-0.05, 0) is 24.6 Å². The average molecular weight is 272 g/mol. The molecule has 0 bridgehead atoms. The third-order valence-corrected chi connectivity index (χ3v) is 3.74. The number of aryl methyl sites for hydroxylation is 1. The minimum atomic E-state index is -0.0816. The molecule has 106 valence electrons. The number of aromatic nitrogens is 2. The number of piperazine rings is 1. The number of benzene rings is 1. The number of rotatable bonds is 3. The molecule has 2 heterocycles. The van der Waals surface area contributed by atoms with Crippen molar-refractivity contribution in [2.45, 2.75) is 13.5 Å². The molecule has 20 heavy (non-hydrogen) atoms. The molecular formula is C15H20N4O. The van der Waals surface area contributed by atoms with Crippen LogP contribution in [0.4, 0.5) is 0 Å². The molecule has 0 spiro atoms. The van der Waals surface area contributed by atoms with Gasteiger partial charge in [-0.25, -0.2) is 4.79 Å².